The molecule has 0 amide bonds. The van der Waals surface area contributed by atoms with E-state index in [0.717, 1.165) is 29.4 Å². The van der Waals surface area contributed by atoms with Gasteiger partial charge in [0.1, 0.15) is 18.1 Å². The summed E-state index contributed by atoms with van der Waals surface area (Å²) in [7, 11) is 0. The first-order valence-electron chi connectivity index (χ1n) is 7.06. The van der Waals surface area contributed by atoms with E-state index in [9.17, 15) is 0 Å². The van der Waals surface area contributed by atoms with Crippen molar-refractivity contribution in [2.24, 2.45) is 0 Å². The molecule has 0 saturated heterocycles. The number of aliphatic hydroxyl groups is 1. The van der Waals surface area contributed by atoms with E-state index in [1.165, 1.54) is 0 Å². The van der Waals surface area contributed by atoms with Gasteiger partial charge in [-0.2, -0.15) is 0 Å². The lowest BCUT2D eigenvalue weighted by Crippen LogP contribution is -2.33. The Bertz CT molecular complexity index is 637. The fourth-order valence-corrected chi connectivity index (χ4v) is 2.20. The monoisotopic (exact) mass is 289 g/mol. The molecule has 112 valence electrons. The van der Waals surface area contributed by atoms with E-state index < -0.39 is 5.79 Å². The van der Waals surface area contributed by atoms with E-state index in [-0.39, 0.29) is 6.61 Å². The zero-order chi connectivity index (χ0) is 14.9. The molecule has 0 bridgehead atoms. The summed E-state index contributed by atoms with van der Waals surface area (Å²) >= 11 is 0. The molecule has 0 radical (unpaired) electrons. The van der Waals surface area contributed by atoms with E-state index in [0.29, 0.717) is 12.3 Å². The number of nitrogens with one attached hydrogen (secondary N) is 1. The summed E-state index contributed by atoms with van der Waals surface area (Å²) in [6.45, 7) is 4.42. The van der Waals surface area contributed by atoms with Gasteiger partial charge >= 0.3 is 0 Å². The van der Waals surface area contributed by atoms with Crippen LogP contribution in [0.1, 0.15) is 31.8 Å². The van der Waals surface area contributed by atoms with Crippen molar-refractivity contribution in [3.8, 4) is 11.5 Å². The number of fused-ring (bicyclic) bond motifs is 1. The molecule has 2 heterocycles. The predicted molar refractivity (Wildman–Crippen MR) is 78.4 cm³/mol. The third-order valence-electron chi connectivity index (χ3n) is 3.58. The molecule has 2 aromatic rings. The molecule has 3 rings (SSSR count). The van der Waals surface area contributed by atoms with Crippen molar-refractivity contribution in [1.29, 1.82) is 0 Å². The standard InChI is InChI=1S/C16H19NO4/c1-3-16(2)20-14-7-4-11(8-15(14)21-16)17-9-12-5-6-13(10-18)19-12/h4-8,17-18H,3,9-10H2,1-2H3. The second-order valence-corrected chi connectivity index (χ2v) is 5.23. The van der Waals surface area contributed by atoms with E-state index in [1.54, 1.807) is 6.07 Å². The second-order valence-electron chi connectivity index (χ2n) is 5.23. The van der Waals surface area contributed by atoms with Gasteiger partial charge in [0.25, 0.3) is 0 Å². The summed E-state index contributed by atoms with van der Waals surface area (Å²) in [4.78, 5) is 0. The lowest BCUT2D eigenvalue weighted by Gasteiger charge is -2.20. The van der Waals surface area contributed by atoms with Crippen LogP contribution in [-0.2, 0) is 13.2 Å². The van der Waals surface area contributed by atoms with Crippen molar-refractivity contribution in [2.45, 2.75) is 39.2 Å². The van der Waals surface area contributed by atoms with Gasteiger partial charge in [0.2, 0.25) is 5.79 Å². The van der Waals surface area contributed by atoms with Gasteiger partial charge in [0.05, 0.1) is 6.54 Å². The molecule has 0 fully saturated rings. The average Bonchev–Trinajstić information content (AvgIpc) is 3.08. The van der Waals surface area contributed by atoms with E-state index in [1.807, 2.05) is 38.1 Å². The van der Waals surface area contributed by atoms with Gasteiger partial charge in [0, 0.05) is 25.1 Å². The van der Waals surface area contributed by atoms with Crippen molar-refractivity contribution in [3.63, 3.8) is 0 Å². The summed E-state index contributed by atoms with van der Waals surface area (Å²) in [5.41, 5.74) is 0.930. The lowest BCUT2D eigenvalue weighted by atomic mass is 10.2. The van der Waals surface area contributed by atoms with Crippen LogP contribution < -0.4 is 14.8 Å². The summed E-state index contributed by atoms with van der Waals surface area (Å²) < 4.78 is 17.1. The molecule has 1 aromatic carbocycles. The van der Waals surface area contributed by atoms with Gasteiger partial charge in [0.15, 0.2) is 11.5 Å². The third-order valence-corrected chi connectivity index (χ3v) is 3.58. The summed E-state index contributed by atoms with van der Waals surface area (Å²) in [6.07, 6.45) is 0.779. The van der Waals surface area contributed by atoms with Crippen molar-refractivity contribution in [3.05, 3.63) is 41.9 Å². The van der Waals surface area contributed by atoms with E-state index in [2.05, 4.69) is 5.32 Å². The highest BCUT2D eigenvalue weighted by Gasteiger charge is 2.34. The predicted octanol–water partition coefficient (Wildman–Crippen LogP) is 3.28. The molecule has 1 unspecified atom stereocenters. The lowest BCUT2D eigenvalue weighted by molar-refractivity contribution is -0.0640. The number of aliphatic hydroxyl groups excluding tert-OH is 1. The second kappa shape index (κ2) is 5.33. The number of furan rings is 1. The van der Waals surface area contributed by atoms with Crippen LogP contribution in [0.5, 0.6) is 11.5 Å². The smallest absolute Gasteiger partial charge is 0.248 e. The van der Waals surface area contributed by atoms with Gasteiger partial charge in [-0.3, -0.25) is 0 Å². The van der Waals surface area contributed by atoms with Crippen LogP contribution in [0.3, 0.4) is 0 Å². The third kappa shape index (κ3) is 2.83. The molecule has 1 aliphatic heterocycles. The maximum atomic E-state index is 8.97. The fraction of sp³-hybridized carbons (Fsp3) is 0.375. The minimum atomic E-state index is -0.571. The molecule has 0 saturated carbocycles. The van der Waals surface area contributed by atoms with Gasteiger partial charge < -0.3 is 24.3 Å². The fourth-order valence-electron chi connectivity index (χ4n) is 2.20. The molecule has 1 aromatic heterocycles. The quantitative estimate of drug-likeness (QED) is 0.884. The van der Waals surface area contributed by atoms with Crippen LogP contribution in [0, 0.1) is 0 Å². The minimum absolute atomic E-state index is 0.0837. The SMILES string of the molecule is CCC1(C)Oc2ccc(NCc3ccc(CO)o3)cc2O1. The number of benzene rings is 1. The van der Waals surface area contributed by atoms with Crippen LogP contribution in [-0.4, -0.2) is 10.9 Å². The van der Waals surface area contributed by atoms with E-state index in [4.69, 9.17) is 19.0 Å². The zero-order valence-electron chi connectivity index (χ0n) is 12.2. The molecular formula is C16H19NO4. The highest BCUT2D eigenvalue weighted by Crippen LogP contribution is 2.42. The molecular weight excluding hydrogens is 270 g/mol. The molecule has 21 heavy (non-hydrogen) atoms. The first kappa shape index (κ1) is 13.8. The normalized spacial score (nSPS) is 19.8. The number of hydrogen-bond acceptors (Lipinski definition) is 5. The number of anilines is 1. The topological polar surface area (TPSA) is 63.9 Å². The van der Waals surface area contributed by atoms with Crippen LogP contribution >= 0.6 is 0 Å². The van der Waals surface area contributed by atoms with Gasteiger partial charge in [-0.05, 0) is 24.3 Å². The van der Waals surface area contributed by atoms with Crippen LogP contribution in [0.25, 0.3) is 0 Å². The van der Waals surface area contributed by atoms with Crippen LogP contribution in [0.2, 0.25) is 0 Å². The Kier molecular flexibility index (Phi) is 3.51. The molecule has 0 aliphatic carbocycles. The average molecular weight is 289 g/mol. The molecule has 5 heteroatoms. The molecule has 2 N–H and O–H groups in total. The number of hydrogen-bond donors (Lipinski definition) is 2. The van der Waals surface area contributed by atoms with Crippen molar-refractivity contribution in [2.75, 3.05) is 5.32 Å². The largest absolute Gasteiger partial charge is 0.462 e. The number of ether oxygens (including phenoxy) is 2. The first-order valence-corrected chi connectivity index (χ1v) is 7.06. The molecule has 1 atom stereocenters. The Hall–Kier alpha value is -2.14. The molecule has 5 nitrogen and oxygen atoms in total. The Morgan fingerprint density at radius 1 is 1.10 bits per heavy atom. The van der Waals surface area contributed by atoms with Crippen LogP contribution in [0.15, 0.2) is 34.7 Å². The van der Waals surface area contributed by atoms with Crippen molar-refractivity contribution < 1.29 is 19.0 Å². The maximum absolute atomic E-state index is 8.97. The van der Waals surface area contributed by atoms with Crippen LogP contribution in [0.4, 0.5) is 5.69 Å². The minimum Gasteiger partial charge on any atom is -0.462 e. The van der Waals surface area contributed by atoms with Gasteiger partial charge in [-0.1, -0.05) is 6.92 Å². The summed E-state index contributed by atoms with van der Waals surface area (Å²) in [5.74, 6) is 2.29. The highest BCUT2D eigenvalue weighted by molar-refractivity contribution is 5.56. The zero-order valence-corrected chi connectivity index (χ0v) is 12.2. The van der Waals surface area contributed by atoms with Crippen molar-refractivity contribution in [1.82, 2.24) is 0 Å². The number of rotatable bonds is 5. The van der Waals surface area contributed by atoms with Crippen molar-refractivity contribution >= 4 is 5.69 Å². The Labute approximate surface area is 123 Å². The van der Waals surface area contributed by atoms with Gasteiger partial charge in [-0.25, -0.2) is 0 Å². The Balaban J connectivity index is 1.67. The Morgan fingerprint density at radius 2 is 1.86 bits per heavy atom. The summed E-state index contributed by atoms with van der Waals surface area (Å²) in [5, 5.41) is 12.2. The maximum Gasteiger partial charge on any atom is 0.248 e. The first-order chi connectivity index (χ1) is 10.1. The Morgan fingerprint density at radius 3 is 2.57 bits per heavy atom. The molecule has 1 aliphatic rings. The van der Waals surface area contributed by atoms with E-state index >= 15 is 0 Å². The van der Waals surface area contributed by atoms with Gasteiger partial charge in [-0.15, -0.1) is 0 Å². The highest BCUT2D eigenvalue weighted by atomic mass is 16.7. The summed E-state index contributed by atoms with van der Waals surface area (Å²) in [6, 6.07) is 9.38. The molecule has 0 spiro atoms.